The summed E-state index contributed by atoms with van der Waals surface area (Å²) in [5.74, 6) is 0. The van der Waals surface area contributed by atoms with E-state index in [-0.39, 0.29) is 5.69 Å². The first-order valence-electron chi connectivity index (χ1n) is 3.13. The van der Waals surface area contributed by atoms with Crippen molar-refractivity contribution < 1.29 is 8.78 Å². The minimum absolute atomic E-state index is 0.209. The van der Waals surface area contributed by atoms with Crippen molar-refractivity contribution in [2.45, 2.75) is 11.8 Å². The van der Waals surface area contributed by atoms with Crippen LogP contribution in [-0.2, 0) is 5.33 Å². The minimum Gasteiger partial charge on any atom is -0.254 e. The normalized spacial score (nSPS) is 10.8. The predicted molar refractivity (Wildman–Crippen MR) is 49.5 cm³/mol. The Labute approximate surface area is 85.4 Å². The van der Waals surface area contributed by atoms with Gasteiger partial charge in [0.2, 0.25) is 0 Å². The molecule has 12 heavy (non-hydrogen) atoms. The van der Waals surface area contributed by atoms with Gasteiger partial charge in [0.05, 0.1) is 0 Å². The maximum atomic E-state index is 12.2. The van der Waals surface area contributed by atoms with Gasteiger partial charge in [-0.1, -0.05) is 15.9 Å². The zero-order valence-electron chi connectivity index (χ0n) is 5.90. The summed E-state index contributed by atoms with van der Waals surface area (Å²) in [5.41, 5.74) is 0.658. The van der Waals surface area contributed by atoms with E-state index in [1.165, 1.54) is 6.20 Å². The molecule has 0 atom stereocenters. The number of nitrogens with zero attached hydrogens (tertiary/aromatic N) is 1. The Hall–Kier alpha value is -0.0300. The second-order valence-corrected chi connectivity index (χ2v) is 3.56. The summed E-state index contributed by atoms with van der Waals surface area (Å²) in [7, 11) is 0. The summed E-state index contributed by atoms with van der Waals surface area (Å²) in [6.07, 6.45) is -1.09. The largest absolute Gasteiger partial charge is 0.281 e. The summed E-state index contributed by atoms with van der Waals surface area (Å²) < 4.78 is 24.7. The molecule has 1 aromatic rings. The van der Waals surface area contributed by atoms with Crippen molar-refractivity contribution in [2.24, 2.45) is 0 Å². The van der Waals surface area contributed by atoms with Crippen LogP contribution in [0.3, 0.4) is 0 Å². The van der Waals surface area contributed by atoms with E-state index in [0.29, 0.717) is 9.80 Å². The molecule has 0 N–H and O–H groups in total. The van der Waals surface area contributed by atoms with Gasteiger partial charge in [0.15, 0.2) is 0 Å². The molecular formula is C7H5Br2F2N. The predicted octanol–water partition coefficient (Wildman–Crippen LogP) is 3.68. The summed E-state index contributed by atoms with van der Waals surface area (Å²) >= 11 is 6.23. The van der Waals surface area contributed by atoms with Crippen molar-refractivity contribution in [3.63, 3.8) is 0 Å². The third-order valence-electron chi connectivity index (χ3n) is 1.29. The first kappa shape index (κ1) is 10.1. The Bertz CT molecular complexity index is 278. The maximum absolute atomic E-state index is 12.2. The van der Waals surface area contributed by atoms with E-state index in [4.69, 9.17) is 0 Å². The molecule has 0 saturated carbocycles. The third-order valence-corrected chi connectivity index (χ3v) is 2.57. The third kappa shape index (κ3) is 2.23. The number of aromatic nitrogens is 1. The fourth-order valence-corrected chi connectivity index (χ4v) is 1.60. The fraction of sp³-hybridized carbons (Fsp3) is 0.286. The second-order valence-electron chi connectivity index (χ2n) is 2.14. The van der Waals surface area contributed by atoms with Crippen LogP contribution in [0.25, 0.3) is 0 Å². The Morgan fingerprint density at radius 3 is 2.58 bits per heavy atom. The molecule has 0 aromatic carbocycles. The lowest BCUT2D eigenvalue weighted by Crippen LogP contribution is -1.92. The highest BCUT2D eigenvalue weighted by molar-refractivity contribution is 9.10. The first-order valence-corrected chi connectivity index (χ1v) is 5.05. The molecule has 0 aliphatic heterocycles. The molecule has 1 nitrogen and oxygen atoms in total. The van der Waals surface area contributed by atoms with Crippen molar-refractivity contribution in [1.29, 1.82) is 0 Å². The fourth-order valence-electron chi connectivity index (χ4n) is 0.722. The van der Waals surface area contributed by atoms with Gasteiger partial charge in [0.25, 0.3) is 6.43 Å². The topological polar surface area (TPSA) is 12.9 Å². The summed E-state index contributed by atoms with van der Waals surface area (Å²) in [5, 5.41) is 0.613. The van der Waals surface area contributed by atoms with Gasteiger partial charge in [0, 0.05) is 16.0 Å². The zero-order valence-corrected chi connectivity index (χ0v) is 9.07. The second kappa shape index (κ2) is 4.28. The first-order chi connectivity index (χ1) is 5.65. The summed E-state index contributed by atoms with van der Waals surface area (Å²) in [6, 6.07) is 1.63. The highest BCUT2D eigenvalue weighted by Gasteiger charge is 2.12. The smallest absolute Gasteiger partial charge is 0.254 e. The van der Waals surface area contributed by atoms with Gasteiger partial charge in [-0.2, -0.15) is 0 Å². The van der Waals surface area contributed by atoms with Crippen LogP contribution >= 0.6 is 31.9 Å². The molecule has 0 aliphatic carbocycles. The van der Waals surface area contributed by atoms with Crippen LogP contribution in [0.5, 0.6) is 0 Å². The maximum Gasteiger partial charge on any atom is 0.281 e. The number of pyridine rings is 1. The Morgan fingerprint density at radius 1 is 1.50 bits per heavy atom. The van der Waals surface area contributed by atoms with Gasteiger partial charge >= 0.3 is 0 Å². The van der Waals surface area contributed by atoms with Crippen LogP contribution in [0, 0.1) is 0 Å². The minimum atomic E-state index is -2.52. The quantitative estimate of drug-likeness (QED) is 0.759. The molecule has 1 aromatic heterocycles. The van der Waals surface area contributed by atoms with Crippen molar-refractivity contribution in [3.8, 4) is 0 Å². The average molecular weight is 301 g/mol. The lowest BCUT2D eigenvalue weighted by atomic mass is 10.3. The lowest BCUT2D eigenvalue weighted by Gasteiger charge is -2.02. The Balaban J connectivity index is 3.03. The van der Waals surface area contributed by atoms with Crippen molar-refractivity contribution >= 4 is 31.9 Å². The van der Waals surface area contributed by atoms with Gasteiger partial charge in [-0.25, -0.2) is 8.78 Å². The molecule has 5 heteroatoms. The number of rotatable bonds is 2. The van der Waals surface area contributed by atoms with E-state index in [9.17, 15) is 8.78 Å². The van der Waals surface area contributed by atoms with Gasteiger partial charge < -0.3 is 0 Å². The summed E-state index contributed by atoms with van der Waals surface area (Å²) in [4.78, 5) is 3.62. The van der Waals surface area contributed by atoms with Crippen LogP contribution in [0.15, 0.2) is 16.7 Å². The Kier molecular flexibility index (Phi) is 3.58. The number of hydrogen-bond acceptors (Lipinski definition) is 1. The van der Waals surface area contributed by atoms with E-state index in [2.05, 4.69) is 36.8 Å². The van der Waals surface area contributed by atoms with Crippen LogP contribution in [0.2, 0.25) is 0 Å². The molecule has 0 fully saturated rings. The molecule has 0 aliphatic rings. The number of hydrogen-bond donors (Lipinski definition) is 0. The highest BCUT2D eigenvalue weighted by atomic mass is 79.9. The van der Waals surface area contributed by atoms with Gasteiger partial charge in [0.1, 0.15) is 5.69 Å². The van der Waals surface area contributed by atoms with Gasteiger partial charge in [-0.3, -0.25) is 4.98 Å². The highest BCUT2D eigenvalue weighted by Crippen LogP contribution is 2.26. The molecule has 0 saturated heterocycles. The molecule has 0 bridgehead atoms. The molecule has 0 radical (unpaired) electrons. The zero-order chi connectivity index (χ0) is 9.14. The average Bonchev–Trinajstić information content (AvgIpc) is 2.03. The summed E-state index contributed by atoms with van der Waals surface area (Å²) in [6.45, 7) is 0. The van der Waals surface area contributed by atoms with E-state index >= 15 is 0 Å². The van der Waals surface area contributed by atoms with Crippen LogP contribution < -0.4 is 0 Å². The van der Waals surface area contributed by atoms with E-state index in [0.717, 1.165) is 5.56 Å². The van der Waals surface area contributed by atoms with E-state index in [1.807, 2.05) is 0 Å². The number of alkyl halides is 3. The van der Waals surface area contributed by atoms with Crippen molar-refractivity contribution in [2.75, 3.05) is 0 Å². The standard InChI is InChI=1S/C7H5Br2F2N/c8-2-4-1-5(9)6(7(10)11)12-3-4/h1,3,7H,2H2. The molecule has 0 unspecified atom stereocenters. The lowest BCUT2D eigenvalue weighted by molar-refractivity contribution is 0.145. The van der Waals surface area contributed by atoms with E-state index in [1.54, 1.807) is 6.07 Å². The van der Waals surface area contributed by atoms with Crippen LogP contribution in [0.1, 0.15) is 17.7 Å². The molecular weight excluding hydrogens is 296 g/mol. The molecule has 1 rings (SSSR count). The molecule has 0 spiro atoms. The van der Waals surface area contributed by atoms with Crippen molar-refractivity contribution in [3.05, 3.63) is 28.0 Å². The van der Waals surface area contributed by atoms with Gasteiger partial charge in [-0.15, -0.1) is 0 Å². The molecule has 66 valence electrons. The SMILES string of the molecule is FC(F)c1ncc(CBr)cc1Br. The Morgan fingerprint density at radius 2 is 2.17 bits per heavy atom. The number of halogens is 4. The van der Waals surface area contributed by atoms with Crippen LogP contribution in [0.4, 0.5) is 8.78 Å². The van der Waals surface area contributed by atoms with Gasteiger partial charge in [-0.05, 0) is 27.6 Å². The molecule has 0 amide bonds. The van der Waals surface area contributed by atoms with Crippen LogP contribution in [-0.4, -0.2) is 4.98 Å². The monoisotopic (exact) mass is 299 g/mol. The molecule has 1 heterocycles. The van der Waals surface area contributed by atoms with Crippen molar-refractivity contribution in [1.82, 2.24) is 4.98 Å². The van der Waals surface area contributed by atoms with E-state index < -0.39 is 6.43 Å².